The zero-order valence-corrected chi connectivity index (χ0v) is 86.5. The average molecular weight is 2060 g/mol. The van der Waals surface area contributed by atoms with E-state index in [9.17, 15) is 73.5 Å². The molecule has 0 amide bonds. The second-order valence-corrected chi connectivity index (χ2v) is 42.9. The fourth-order valence-electron chi connectivity index (χ4n) is 23.9. The van der Waals surface area contributed by atoms with Crippen LogP contribution in [0.5, 0.6) is 0 Å². The lowest BCUT2D eigenvalue weighted by molar-refractivity contribution is -0.162. The molecule has 0 radical (unpaired) electrons. The number of fused-ring (bicyclic) bond motifs is 5. The summed E-state index contributed by atoms with van der Waals surface area (Å²) in [6, 6.07) is 0. The van der Waals surface area contributed by atoms with E-state index in [1.54, 1.807) is 13.8 Å². The van der Waals surface area contributed by atoms with Crippen LogP contribution < -0.4 is 0 Å². The number of rotatable bonds is 30. The van der Waals surface area contributed by atoms with Crippen LogP contribution in [0.4, 0.5) is 0 Å². The molecular weight excluding hydrogens is 1840 g/mol. The number of allylic oxidation sites excluding steroid dienone is 15. The minimum Gasteiger partial charge on any atom is -0.462 e. The molecular formula is C120H180O25. The van der Waals surface area contributed by atoms with Crippen molar-refractivity contribution in [1.82, 2.24) is 0 Å². The molecule has 15 aliphatic rings. The minimum absolute atomic E-state index is 0.000210. The van der Waals surface area contributed by atoms with E-state index in [0.717, 1.165) is 34.8 Å². The van der Waals surface area contributed by atoms with Gasteiger partial charge in [-0.05, 0) is 245 Å². The predicted octanol–water partition coefficient (Wildman–Crippen LogP) is 21.0. The summed E-state index contributed by atoms with van der Waals surface area (Å²) in [5.74, 6) is -21.2. The SMILES string of the molecule is [2H]C([2H])([2H])[C@H](C(=O)O[C@H]1C[C@@H](C)C=C2C=C[C@H](C)[C@H](CCC3C[C@@H](O)C([2H])([2H])C(=O)O3)[C@H]21)C([2H])([2H])C([2H])([2H])[2H].[2H]C1([2H])C(=O)OC(CC[C@@H]2[C@@H]3C(=C[C@H](C)C[C@@H]3OC(=O)[C@@H](C)C([2H])([2H])C([2H])([2H])[2H])C=C[C@@H]2C)C[C@H]1O.[2H]C1([2H])C(=O)OC(CC[C@@H]2[C@@H]3C(=C[C@H](C)C[C@@H]3OC(=O)[C@@]([2H])(C)C([2H])([2H])C([2H])([2H])[2H])C=C[C@@H]2C)C[C@H]1O.[2H]C1([2H])C(=O)OC(CC[C@@H]2[C@@H]3C(=C[C@H](C)C[C@@H]3OC(=O)[C@@]([2H])(C)CC)C=C[C@@H]2C)C[C@H]1O.[2H]C1([2H])C(=O)OC(CC[C@@H]2[C@@H]3C(=C[C@H](C)C[C@@H]3OC(=O)[C@]([2H])(CC)C([2H])([2H])[2H])C=C[C@@H]2C)C[C@H]1O. The lowest BCUT2D eigenvalue weighted by Gasteiger charge is -2.43. The molecule has 25 nitrogen and oxygen atoms in total. The molecule has 15 rings (SSSR count). The predicted molar refractivity (Wildman–Crippen MR) is 554 cm³/mol. The Morgan fingerprint density at radius 3 is 0.766 bits per heavy atom. The maximum absolute atomic E-state index is 13.2. The Morgan fingerprint density at radius 2 is 0.545 bits per heavy atom. The van der Waals surface area contributed by atoms with E-state index >= 15 is 0 Å². The number of esters is 10. The average Bonchev–Trinajstić information content (AvgIpc) is 0.755. The Morgan fingerprint density at radius 1 is 0.324 bits per heavy atom. The lowest BCUT2D eigenvalue weighted by atomic mass is 9.65. The van der Waals surface area contributed by atoms with Gasteiger partial charge in [-0.15, -0.1) is 0 Å². The molecule has 0 aromatic heterocycles. The van der Waals surface area contributed by atoms with E-state index in [1.807, 2.05) is 97.9 Å². The van der Waals surface area contributed by atoms with Crippen molar-refractivity contribution in [3.8, 4) is 0 Å². The minimum atomic E-state index is -3.38. The first-order valence-corrected chi connectivity index (χ1v) is 52.4. The van der Waals surface area contributed by atoms with Crippen LogP contribution in [0.1, 0.15) is 377 Å². The molecule has 25 heteroatoms. The summed E-state index contributed by atoms with van der Waals surface area (Å²) >= 11 is 0. The second-order valence-electron chi connectivity index (χ2n) is 42.9. The molecule has 5 unspecified atom stereocenters. The van der Waals surface area contributed by atoms with Gasteiger partial charge in [0.2, 0.25) is 0 Å². The van der Waals surface area contributed by atoms with Crippen molar-refractivity contribution in [2.24, 2.45) is 148 Å². The van der Waals surface area contributed by atoms with Gasteiger partial charge < -0.3 is 72.9 Å². The number of hydrogen-bond acceptors (Lipinski definition) is 25. The van der Waals surface area contributed by atoms with Crippen LogP contribution in [-0.2, 0) is 95.3 Å². The smallest absolute Gasteiger partial charge is 0.308 e. The highest BCUT2D eigenvalue weighted by molar-refractivity contribution is 5.76. The van der Waals surface area contributed by atoms with E-state index in [-0.39, 0.29) is 157 Å². The van der Waals surface area contributed by atoms with Gasteiger partial charge in [-0.2, -0.15) is 0 Å². The van der Waals surface area contributed by atoms with E-state index in [2.05, 4.69) is 62.5 Å². The van der Waals surface area contributed by atoms with Crippen LogP contribution in [0.15, 0.2) is 119 Å². The molecule has 0 spiro atoms. The van der Waals surface area contributed by atoms with Crippen molar-refractivity contribution in [1.29, 1.82) is 0 Å². The summed E-state index contributed by atoms with van der Waals surface area (Å²) in [5, 5.41) is 50.4. The fourth-order valence-corrected chi connectivity index (χ4v) is 23.9. The summed E-state index contributed by atoms with van der Waals surface area (Å²) in [5.41, 5.74) is 4.93. The first kappa shape index (κ1) is 77.3. The standard InChI is InChI=1S/5C24H36O5/c5*1-5-15(3)24(27)29-21-11-14(2)10-17-7-6-16(4)20(23(17)21)9-8-19-12-18(25)13-22(26)28-19/h5*6-7,10,14-16,18-21,23,25H,5,8-9,11-13H2,1-4H3/t5*14-,15-,16-,18+,19?,20-,21-,23-/m00000/s1/i1D3,5D2,13D2,15D;1D3,3D3,5D2,13D2;3D3,13D2,15D;1D3,5D2,13D2;13D2,15D. The van der Waals surface area contributed by atoms with Crippen LogP contribution in [0.2, 0.25) is 0 Å². The second kappa shape index (κ2) is 55.1. The van der Waals surface area contributed by atoms with Gasteiger partial charge in [0.25, 0.3) is 0 Å². The van der Waals surface area contributed by atoms with Crippen molar-refractivity contribution < 1.29 is 167 Å². The summed E-state index contributed by atoms with van der Waals surface area (Å²) < 4.78 is 318. The fraction of sp³-hybridized carbons (Fsp3) is 0.750. The highest BCUT2D eigenvalue weighted by Crippen LogP contribution is 2.53. The van der Waals surface area contributed by atoms with E-state index < -0.39 is 266 Å². The quantitative estimate of drug-likeness (QED) is 0.0329. The monoisotopic (exact) mass is 2060 g/mol. The largest absolute Gasteiger partial charge is 0.462 e. The molecule has 0 aromatic carbocycles. The number of aliphatic hydroxyl groups excluding tert-OH is 5. The Labute approximate surface area is 913 Å². The van der Waals surface area contributed by atoms with Gasteiger partial charge in [-0.1, -0.05) is 229 Å². The van der Waals surface area contributed by atoms with Crippen LogP contribution in [0, 0.1) is 148 Å². The molecule has 5 heterocycles. The summed E-state index contributed by atoms with van der Waals surface area (Å²) in [4.78, 5) is 125. The number of hydrogen-bond donors (Lipinski definition) is 5. The van der Waals surface area contributed by atoms with Gasteiger partial charge in [0.1, 0.15) is 61.0 Å². The first-order chi connectivity index (χ1) is 81.9. The van der Waals surface area contributed by atoms with Crippen LogP contribution in [-0.4, -0.2) is 177 Å². The van der Waals surface area contributed by atoms with Gasteiger partial charge in [0.15, 0.2) is 0 Å². The maximum atomic E-state index is 13.2. The van der Waals surface area contributed by atoms with Gasteiger partial charge in [-0.25, -0.2) is 0 Å². The van der Waals surface area contributed by atoms with Crippen molar-refractivity contribution in [3.63, 3.8) is 0 Å². The molecule has 0 bridgehead atoms. The normalized spacial score (nSPS) is 44.5. The molecule has 5 saturated heterocycles. The summed E-state index contributed by atoms with van der Waals surface area (Å²) in [6.45, 7) is 11.5. The summed E-state index contributed by atoms with van der Waals surface area (Å²) in [6.07, 6.45) is 3.49. The molecule has 5 fully saturated rings. The van der Waals surface area contributed by atoms with Crippen molar-refractivity contribution in [2.45, 2.75) is 422 Å². The number of carbonyl (C=O) groups is 10. The van der Waals surface area contributed by atoms with Crippen LogP contribution in [0.25, 0.3) is 0 Å². The number of carbonyl (C=O) groups excluding carboxylic acids is 10. The maximum Gasteiger partial charge on any atom is 0.308 e. The molecule has 40 atom stereocenters. The zero-order valence-electron chi connectivity index (χ0n) is 120. The van der Waals surface area contributed by atoms with Crippen LogP contribution >= 0.6 is 0 Å². The third kappa shape index (κ3) is 33.0. The molecule has 5 N–H and O–H groups in total. The third-order valence-electron chi connectivity index (χ3n) is 31.5. The number of aliphatic hydroxyl groups is 5. The Kier molecular flexibility index (Phi) is 29.3. The Balaban J connectivity index is 0.000000208. The molecule has 0 saturated carbocycles. The molecule has 810 valence electrons. The van der Waals surface area contributed by atoms with Crippen molar-refractivity contribution >= 4 is 59.7 Å². The Bertz CT molecular complexity index is 6240. The zero-order chi connectivity index (χ0) is 135. The highest BCUT2D eigenvalue weighted by Gasteiger charge is 2.50. The molecule has 145 heavy (non-hydrogen) atoms. The molecule has 5 aliphatic heterocycles. The number of ether oxygens (including phenoxy) is 10. The highest BCUT2D eigenvalue weighted by atomic mass is 16.6. The van der Waals surface area contributed by atoms with Crippen molar-refractivity contribution in [2.75, 3.05) is 0 Å². The third-order valence-corrected chi connectivity index (χ3v) is 31.5. The lowest BCUT2D eigenvalue weighted by Crippen LogP contribution is -2.42. The topological polar surface area (TPSA) is 364 Å². The Hall–Kier alpha value is -8.10. The van der Waals surface area contributed by atoms with E-state index in [4.69, 9.17) is 94.0 Å². The van der Waals surface area contributed by atoms with E-state index in [0.29, 0.717) is 103 Å². The van der Waals surface area contributed by atoms with Crippen LogP contribution in [0.3, 0.4) is 0 Å². The van der Waals surface area contributed by atoms with Gasteiger partial charge in [-0.3, -0.25) is 47.9 Å². The van der Waals surface area contributed by atoms with Gasteiger partial charge in [0, 0.05) is 108 Å². The number of cyclic esters (lactones) is 5. The van der Waals surface area contributed by atoms with Gasteiger partial charge in [0.05, 0.1) is 91.9 Å². The van der Waals surface area contributed by atoms with E-state index in [1.165, 1.54) is 13.8 Å². The van der Waals surface area contributed by atoms with Gasteiger partial charge >= 0.3 is 59.7 Å². The first-order valence-electron chi connectivity index (χ1n) is 69.4. The molecule has 10 aliphatic carbocycles. The van der Waals surface area contributed by atoms with Crippen molar-refractivity contribution in [3.05, 3.63) is 119 Å². The summed E-state index contributed by atoms with van der Waals surface area (Å²) in [7, 11) is 0. The molecule has 0 aromatic rings.